The maximum atomic E-state index is 12.3. The third kappa shape index (κ3) is 5.81. The minimum atomic E-state index is -0.585. The lowest BCUT2D eigenvalue weighted by Gasteiger charge is -2.17. The van der Waals surface area contributed by atoms with Crippen LogP contribution in [0.4, 0.5) is 0 Å². The molecule has 3 N–H and O–H groups in total. The number of hydrogen-bond donors (Lipinski definition) is 3. The lowest BCUT2D eigenvalue weighted by molar-refractivity contribution is -0.143. The van der Waals surface area contributed by atoms with E-state index in [4.69, 9.17) is 16.3 Å². The first-order valence-electron chi connectivity index (χ1n) is 9.40. The monoisotopic (exact) mass is 428 g/mol. The highest BCUT2D eigenvalue weighted by atomic mass is 35.5. The molecule has 3 aromatic rings. The normalized spacial score (nSPS) is 11.7. The van der Waals surface area contributed by atoms with Crippen LogP contribution < -0.4 is 11.0 Å². The zero-order valence-corrected chi connectivity index (χ0v) is 17.0. The summed E-state index contributed by atoms with van der Waals surface area (Å²) in [6.07, 6.45) is 0.388. The molecule has 9 heteroatoms. The summed E-state index contributed by atoms with van der Waals surface area (Å²) in [7, 11) is 0. The van der Waals surface area contributed by atoms with Gasteiger partial charge in [-0.25, -0.2) is 9.89 Å². The van der Waals surface area contributed by atoms with Gasteiger partial charge < -0.3 is 10.1 Å². The zero-order valence-electron chi connectivity index (χ0n) is 16.3. The molecule has 2 aromatic carbocycles. The molecule has 0 bridgehead atoms. The Bertz CT molecular complexity index is 1070. The number of aromatic amines is 2. The topological polar surface area (TPSA) is 117 Å². The van der Waals surface area contributed by atoms with Gasteiger partial charge in [-0.05, 0) is 42.2 Å². The van der Waals surface area contributed by atoms with Gasteiger partial charge in [-0.15, -0.1) is 5.10 Å². The van der Waals surface area contributed by atoms with Crippen molar-refractivity contribution in [3.8, 4) is 11.1 Å². The summed E-state index contributed by atoms with van der Waals surface area (Å²) >= 11 is 6.06. The van der Waals surface area contributed by atoms with Gasteiger partial charge in [0.05, 0.1) is 13.0 Å². The van der Waals surface area contributed by atoms with Crippen LogP contribution in [0.3, 0.4) is 0 Å². The summed E-state index contributed by atoms with van der Waals surface area (Å²) < 4.78 is 5.01. The van der Waals surface area contributed by atoms with Crippen molar-refractivity contribution in [3.63, 3.8) is 0 Å². The van der Waals surface area contributed by atoms with Gasteiger partial charge in [0.2, 0.25) is 5.82 Å². The number of halogens is 1. The Kier molecular flexibility index (Phi) is 7.03. The Labute approximate surface area is 177 Å². The van der Waals surface area contributed by atoms with Gasteiger partial charge in [0.15, 0.2) is 0 Å². The van der Waals surface area contributed by atoms with E-state index >= 15 is 0 Å². The van der Waals surface area contributed by atoms with Crippen LogP contribution >= 0.6 is 11.6 Å². The molecular formula is C21H21ClN4O4. The van der Waals surface area contributed by atoms with E-state index in [1.54, 1.807) is 6.92 Å². The Balaban J connectivity index is 1.73. The molecule has 0 aliphatic rings. The van der Waals surface area contributed by atoms with E-state index in [0.717, 1.165) is 16.7 Å². The number of aromatic nitrogens is 3. The van der Waals surface area contributed by atoms with E-state index < -0.39 is 23.6 Å². The summed E-state index contributed by atoms with van der Waals surface area (Å²) in [5.74, 6) is -1.16. The second-order valence-electron chi connectivity index (χ2n) is 6.62. The third-order valence-electron chi connectivity index (χ3n) is 4.36. The van der Waals surface area contributed by atoms with Crippen LogP contribution in [0, 0.1) is 0 Å². The van der Waals surface area contributed by atoms with E-state index in [9.17, 15) is 14.4 Å². The minimum absolute atomic E-state index is 0.00964. The Morgan fingerprint density at radius 1 is 1.17 bits per heavy atom. The first-order valence-corrected chi connectivity index (χ1v) is 9.78. The van der Waals surface area contributed by atoms with Crippen LogP contribution in [0.5, 0.6) is 0 Å². The van der Waals surface area contributed by atoms with Gasteiger partial charge in [0.25, 0.3) is 5.91 Å². The van der Waals surface area contributed by atoms with Gasteiger partial charge in [0.1, 0.15) is 0 Å². The molecule has 156 valence electrons. The van der Waals surface area contributed by atoms with Gasteiger partial charge in [-0.2, -0.15) is 0 Å². The molecule has 1 aromatic heterocycles. The molecule has 0 radical (unpaired) electrons. The second kappa shape index (κ2) is 9.89. The van der Waals surface area contributed by atoms with Crippen molar-refractivity contribution in [2.45, 2.75) is 25.8 Å². The molecule has 1 amide bonds. The molecule has 0 spiro atoms. The van der Waals surface area contributed by atoms with Crippen LogP contribution in [0.1, 0.15) is 29.5 Å². The number of amides is 1. The number of carbonyl (C=O) groups is 2. The van der Waals surface area contributed by atoms with Crippen molar-refractivity contribution < 1.29 is 14.3 Å². The summed E-state index contributed by atoms with van der Waals surface area (Å²) in [6, 6.07) is 14.8. The van der Waals surface area contributed by atoms with Crippen molar-refractivity contribution in [3.05, 3.63) is 75.4 Å². The molecular weight excluding hydrogens is 408 g/mol. The number of ether oxygens (including phenoxy) is 1. The molecule has 8 nitrogen and oxygen atoms in total. The van der Waals surface area contributed by atoms with E-state index in [1.165, 1.54) is 0 Å². The SMILES string of the molecule is CCOC(=O)C[C@@H](Cc1ccc(-c2cccc(Cl)c2)cc1)NC(=O)c1n[nH]c(=O)[nH]1. The average molecular weight is 429 g/mol. The van der Waals surface area contributed by atoms with Crippen LogP contribution in [-0.2, 0) is 16.0 Å². The smallest absolute Gasteiger partial charge is 0.341 e. The number of H-pyrrole nitrogens is 2. The van der Waals surface area contributed by atoms with Crippen molar-refractivity contribution in [2.75, 3.05) is 6.61 Å². The van der Waals surface area contributed by atoms with Crippen LogP contribution in [-0.4, -0.2) is 39.7 Å². The molecule has 3 rings (SSSR count). The minimum Gasteiger partial charge on any atom is -0.466 e. The van der Waals surface area contributed by atoms with Crippen LogP contribution in [0.2, 0.25) is 5.02 Å². The predicted octanol–water partition coefficient (Wildman–Crippen LogP) is 2.71. The average Bonchev–Trinajstić information content (AvgIpc) is 3.15. The van der Waals surface area contributed by atoms with Gasteiger partial charge in [-0.3, -0.25) is 14.6 Å². The first kappa shape index (κ1) is 21.3. The number of nitrogens with zero attached hydrogens (tertiary/aromatic N) is 1. The Morgan fingerprint density at radius 2 is 1.93 bits per heavy atom. The highest BCUT2D eigenvalue weighted by Crippen LogP contribution is 2.23. The quantitative estimate of drug-likeness (QED) is 0.477. The lowest BCUT2D eigenvalue weighted by Crippen LogP contribution is -2.39. The summed E-state index contributed by atoms with van der Waals surface area (Å²) in [5, 5.41) is 9.13. The molecule has 0 aliphatic carbocycles. The number of hydrogen-bond acceptors (Lipinski definition) is 5. The van der Waals surface area contributed by atoms with Gasteiger partial charge >= 0.3 is 11.7 Å². The van der Waals surface area contributed by atoms with E-state index in [1.807, 2.05) is 48.5 Å². The maximum Gasteiger partial charge on any atom is 0.341 e. The number of nitrogens with one attached hydrogen (secondary N) is 3. The number of carbonyl (C=O) groups excluding carboxylic acids is 2. The molecule has 1 atom stereocenters. The highest BCUT2D eigenvalue weighted by Gasteiger charge is 2.20. The molecule has 0 aliphatic heterocycles. The van der Waals surface area contributed by atoms with Crippen molar-refractivity contribution in [1.82, 2.24) is 20.5 Å². The van der Waals surface area contributed by atoms with Crippen molar-refractivity contribution in [2.24, 2.45) is 0 Å². The number of rotatable bonds is 8. The summed E-state index contributed by atoms with van der Waals surface area (Å²) in [6.45, 7) is 1.97. The molecule has 0 fully saturated rings. The molecule has 0 unspecified atom stereocenters. The zero-order chi connectivity index (χ0) is 21.5. The second-order valence-corrected chi connectivity index (χ2v) is 7.05. The molecule has 30 heavy (non-hydrogen) atoms. The predicted molar refractivity (Wildman–Crippen MR) is 112 cm³/mol. The largest absolute Gasteiger partial charge is 0.466 e. The standard InChI is InChI=1S/C21H21ClN4O4/c1-2-30-18(27)12-17(23-20(28)19-24-21(29)26-25-19)10-13-6-8-14(9-7-13)15-4-3-5-16(22)11-15/h3-9,11,17H,2,10,12H2,1H3,(H,23,28)(H2,24,25,26,29)/t17-/m1/s1. The first-order chi connectivity index (χ1) is 14.4. The summed E-state index contributed by atoms with van der Waals surface area (Å²) in [5.41, 5.74) is 2.33. The maximum absolute atomic E-state index is 12.3. The van der Waals surface area contributed by atoms with Crippen LogP contribution in [0.15, 0.2) is 53.3 Å². The third-order valence-corrected chi connectivity index (χ3v) is 4.60. The number of benzene rings is 2. The molecule has 0 saturated heterocycles. The fraction of sp³-hybridized carbons (Fsp3) is 0.238. The fourth-order valence-electron chi connectivity index (χ4n) is 3.01. The fourth-order valence-corrected chi connectivity index (χ4v) is 3.20. The van der Waals surface area contributed by atoms with Crippen LogP contribution in [0.25, 0.3) is 11.1 Å². The van der Waals surface area contributed by atoms with Gasteiger partial charge in [-0.1, -0.05) is 48.0 Å². The van der Waals surface area contributed by atoms with E-state index in [2.05, 4.69) is 20.5 Å². The van der Waals surface area contributed by atoms with Crippen molar-refractivity contribution in [1.29, 1.82) is 0 Å². The summed E-state index contributed by atoms with van der Waals surface area (Å²) in [4.78, 5) is 37.8. The van der Waals surface area contributed by atoms with Crippen molar-refractivity contribution >= 4 is 23.5 Å². The van der Waals surface area contributed by atoms with E-state index in [0.29, 0.717) is 11.4 Å². The highest BCUT2D eigenvalue weighted by molar-refractivity contribution is 6.30. The molecule has 1 heterocycles. The Morgan fingerprint density at radius 3 is 2.57 bits per heavy atom. The number of esters is 1. The van der Waals surface area contributed by atoms with E-state index in [-0.39, 0.29) is 18.9 Å². The molecule has 0 saturated carbocycles. The van der Waals surface area contributed by atoms with Gasteiger partial charge in [0, 0.05) is 11.1 Å². The Hall–Kier alpha value is -3.39. The lowest BCUT2D eigenvalue weighted by atomic mass is 9.99.